The first kappa shape index (κ1) is 23.2. The molecule has 1 N–H and O–H groups in total. The average Bonchev–Trinajstić information content (AvgIpc) is 3.26. The first-order valence-corrected chi connectivity index (χ1v) is 11.4. The van der Waals surface area contributed by atoms with Crippen LogP contribution in [0.3, 0.4) is 0 Å². The van der Waals surface area contributed by atoms with Crippen molar-refractivity contribution < 1.29 is 9.53 Å². The van der Waals surface area contributed by atoms with Crippen molar-refractivity contribution in [2.75, 3.05) is 12.0 Å². The van der Waals surface area contributed by atoms with Crippen LogP contribution in [0.1, 0.15) is 52.5 Å². The highest BCUT2D eigenvalue weighted by molar-refractivity contribution is 6.05. The quantitative estimate of drug-likeness (QED) is 0.426. The lowest BCUT2D eigenvalue weighted by atomic mass is 10.1. The lowest BCUT2D eigenvalue weighted by Gasteiger charge is -2.20. The number of rotatable bonds is 8. The van der Waals surface area contributed by atoms with E-state index in [1.54, 1.807) is 19.2 Å². The zero-order chi connectivity index (χ0) is 24.2. The molecule has 2 aromatic carbocycles. The Morgan fingerprint density at radius 3 is 2.59 bits per heavy atom. The highest BCUT2D eigenvalue weighted by Gasteiger charge is 2.23. The second-order valence-corrected chi connectivity index (χ2v) is 8.38. The lowest BCUT2D eigenvalue weighted by molar-refractivity contribution is 0.0983. The number of benzene rings is 2. The van der Waals surface area contributed by atoms with E-state index in [4.69, 9.17) is 4.74 Å². The predicted molar refractivity (Wildman–Crippen MR) is 132 cm³/mol. The summed E-state index contributed by atoms with van der Waals surface area (Å²) in [5, 5.41) is 3.02. The summed E-state index contributed by atoms with van der Waals surface area (Å²) in [5.74, 6) is 0.951. The standard InChI is InChI=1S/C26H29N5O3/c1-5-6-10-22-18(3)27-25-28-26(29-31(25)24(22)33)30(16-19-8-7-9-21(15-19)34-4)23(32)20-13-11-17(2)12-14-20/h7-9,11-15H,5-6,10,16H2,1-4H3,(H,27,28,29). The molecule has 4 rings (SSSR count). The maximum absolute atomic E-state index is 13.6. The molecule has 176 valence electrons. The maximum atomic E-state index is 13.6. The van der Waals surface area contributed by atoms with Gasteiger partial charge in [0, 0.05) is 11.1 Å². The molecule has 8 nitrogen and oxygen atoms in total. The van der Waals surface area contributed by atoms with Crippen molar-refractivity contribution in [3.63, 3.8) is 0 Å². The van der Waals surface area contributed by atoms with Crippen molar-refractivity contribution in [3.05, 3.63) is 86.8 Å². The number of nitrogens with zero attached hydrogens (tertiary/aromatic N) is 4. The van der Waals surface area contributed by atoms with Crippen molar-refractivity contribution in [2.45, 2.75) is 46.6 Å². The number of anilines is 1. The highest BCUT2D eigenvalue weighted by Crippen LogP contribution is 2.20. The van der Waals surface area contributed by atoms with Gasteiger partial charge in [-0.25, -0.2) is 4.98 Å². The number of methoxy groups -OCH3 is 1. The van der Waals surface area contributed by atoms with E-state index < -0.39 is 0 Å². The minimum absolute atomic E-state index is 0.182. The Hall–Kier alpha value is -3.94. The van der Waals surface area contributed by atoms with Gasteiger partial charge in [0.05, 0.1) is 19.3 Å². The third-order valence-electron chi connectivity index (χ3n) is 5.84. The Kier molecular flexibility index (Phi) is 6.77. The topological polar surface area (TPSA) is 92.6 Å². The first-order chi connectivity index (χ1) is 16.4. The second-order valence-electron chi connectivity index (χ2n) is 8.38. The number of amides is 1. The fraction of sp³-hybridized carbons (Fsp3) is 0.308. The Bertz CT molecular complexity index is 1370. The number of nitrogens with one attached hydrogen (secondary N) is 1. The van der Waals surface area contributed by atoms with E-state index >= 15 is 0 Å². The second kappa shape index (κ2) is 9.91. The fourth-order valence-corrected chi connectivity index (χ4v) is 3.85. The normalized spacial score (nSPS) is 11.1. The molecule has 0 fully saturated rings. The SMILES string of the molecule is CCCCc1c(C)nc2nc(N(Cc3cccc(OC)c3)C(=O)c3ccc(C)cc3)[nH]n2c1=O. The Balaban J connectivity index is 1.80. The van der Waals surface area contributed by atoms with E-state index in [2.05, 4.69) is 22.0 Å². The molecule has 1 amide bonds. The van der Waals surface area contributed by atoms with Gasteiger partial charge in [-0.1, -0.05) is 43.2 Å². The molecule has 0 aliphatic carbocycles. The summed E-state index contributed by atoms with van der Waals surface area (Å²) in [7, 11) is 1.60. The summed E-state index contributed by atoms with van der Waals surface area (Å²) >= 11 is 0. The van der Waals surface area contributed by atoms with Crippen LogP contribution in [0.4, 0.5) is 5.95 Å². The van der Waals surface area contributed by atoms with Gasteiger partial charge in [-0.2, -0.15) is 9.50 Å². The van der Waals surface area contributed by atoms with E-state index in [9.17, 15) is 9.59 Å². The largest absolute Gasteiger partial charge is 0.497 e. The Labute approximate surface area is 198 Å². The molecule has 0 aliphatic heterocycles. The molecule has 0 saturated carbocycles. The average molecular weight is 460 g/mol. The zero-order valence-electron chi connectivity index (χ0n) is 20.0. The van der Waals surface area contributed by atoms with E-state index in [0.717, 1.165) is 24.0 Å². The predicted octanol–water partition coefficient (Wildman–Crippen LogP) is 4.23. The van der Waals surface area contributed by atoms with E-state index in [-0.39, 0.29) is 29.7 Å². The number of aromatic nitrogens is 4. The van der Waals surface area contributed by atoms with Gasteiger partial charge in [0.25, 0.3) is 17.2 Å². The van der Waals surface area contributed by atoms with Crippen molar-refractivity contribution >= 4 is 17.6 Å². The van der Waals surface area contributed by atoms with Crippen molar-refractivity contribution in [3.8, 4) is 5.75 Å². The number of hydrogen-bond acceptors (Lipinski definition) is 5. The van der Waals surface area contributed by atoms with Gasteiger partial charge in [-0.15, -0.1) is 0 Å². The molecular weight excluding hydrogens is 430 g/mol. The monoisotopic (exact) mass is 459 g/mol. The smallest absolute Gasteiger partial charge is 0.277 e. The molecule has 0 radical (unpaired) electrons. The molecule has 2 aromatic heterocycles. The molecule has 0 atom stereocenters. The van der Waals surface area contributed by atoms with Crippen LogP contribution >= 0.6 is 0 Å². The van der Waals surface area contributed by atoms with Crippen molar-refractivity contribution in [2.24, 2.45) is 0 Å². The fourth-order valence-electron chi connectivity index (χ4n) is 3.85. The minimum atomic E-state index is -0.238. The molecule has 8 heteroatoms. The molecule has 2 heterocycles. The zero-order valence-corrected chi connectivity index (χ0v) is 20.0. The van der Waals surface area contributed by atoms with Gasteiger partial charge in [0.2, 0.25) is 5.95 Å². The number of ether oxygens (including phenoxy) is 1. The molecule has 4 aromatic rings. The van der Waals surface area contributed by atoms with Gasteiger partial charge in [-0.05, 0) is 56.5 Å². The van der Waals surface area contributed by atoms with Crippen LogP contribution < -0.4 is 15.2 Å². The highest BCUT2D eigenvalue weighted by atomic mass is 16.5. The Morgan fingerprint density at radius 2 is 1.88 bits per heavy atom. The number of hydrogen-bond donors (Lipinski definition) is 1. The van der Waals surface area contributed by atoms with Crippen LogP contribution in [0.25, 0.3) is 5.78 Å². The number of unbranched alkanes of at least 4 members (excludes halogenated alkanes) is 1. The molecule has 0 spiro atoms. The van der Waals surface area contributed by atoms with Crippen LogP contribution in [-0.4, -0.2) is 32.6 Å². The van der Waals surface area contributed by atoms with Crippen molar-refractivity contribution in [1.29, 1.82) is 0 Å². The van der Waals surface area contributed by atoms with Gasteiger partial charge >= 0.3 is 0 Å². The summed E-state index contributed by atoms with van der Waals surface area (Å²) in [6.45, 7) is 6.12. The molecule has 0 aliphatic rings. The van der Waals surface area contributed by atoms with Gasteiger partial charge in [0.15, 0.2) is 0 Å². The van der Waals surface area contributed by atoms with E-state index in [1.165, 1.54) is 9.42 Å². The number of H-pyrrole nitrogens is 1. The van der Waals surface area contributed by atoms with Crippen molar-refractivity contribution in [1.82, 2.24) is 19.6 Å². The summed E-state index contributed by atoms with van der Waals surface area (Å²) in [5.41, 5.74) is 3.60. The molecule has 34 heavy (non-hydrogen) atoms. The number of carbonyl (C=O) groups excluding carboxylic acids is 1. The maximum Gasteiger partial charge on any atom is 0.277 e. The third-order valence-corrected chi connectivity index (χ3v) is 5.84. The molecular formula is C26H29N5O3. The molecule has 0 saturated heterocycles. The Morgan fingerprint density at radius 1 is 1.12 bits per heavy atom. The minimum Gasteiger partial charge on any atom is -0.497 e. The number of aromatic amines is 1. The van der Waals surface area contributed by atoms with Crippen LogP contribution in [0.2, 0.25) is 0 Å². The summed E-state index contributed by atoms with van der Waals surface area (Å²) < 4.78 is 6.67. The number of aryl methyl sites for hydroxylation is 2. The summed E-state index contributed by atoms with van der Waals surface area (Å²) in [6.07, 6.45) is 2.54. The van der Waals surface area contributed by atoms with Crippen LogP contribution in [0.5, 0.6) is 5.75 Å². The van der Waals surface area contributed by atoms with E-state index in [1.807, 2.05) is 50.2 Å². The summed E-state index contributed by atoms with van der Waals surface area (Å²) in [6, 6.07) is 14.9. The van der Waals surface area contributed by atoms with Crippen LogP contribution in [-0.2, 0) is 13.0 Å². The summed E-state index contributed by atoms with van der Waals surface area (Å²) in [4.78, 5) is 37.3. The third kappa shape index (κ3) is 4.71. The number of fused-ring (bicyclic) bond motifs is 1. The van der Waals surface area contributed by atoms with Gasteiger partial charge in [0.1, 0.15) is 5.75 Å². The molecule has 0 unspecified atom stereocenters. The van der Waals surface area contributed by atoms with E-state index in [0.29, 0.717) is 29.0 Å². The van der Waals surface area contributed by atoms with Crippen LogP contribution in [0, 0.1) is 13.8 Å². The van der Waals surface area contributed by atoms with Gasteiger partial charge < -0.3 is 4.74 Å². The lowest BCUT2D eigenvalue weighted by Crippen LogP contribution is -2.31. The van der Waals surface area contributed by atoms with Crippen LogP contribution in [0.15, 0.2) is 53.3 Å². The first-order valence-electron chi connectivity index (χ1n) is 11.4. The molecule has 0 bridgehead atoms. The van der Waals surface area contributed by atoms with Gasteiger partial charge in [-0.3, -0.25) is 19.6 Å². The number of carbonyl (C=O) groups is 1.